The van der Waals surface area contributed by atoms with Gasteiger partial charge in [-0.05, 0) is 66.9 Å². The lowest BCUT2D eigenvalue weighted by molar-refractivity contribution is 0.0663. The molecule has 1 saturated heterocycles. The van der Waals surface area contributed by atoms with Crippen LogP contribution in [0.3, 0.4) is 0 Å². The Morgan fingerprint density at radius 1 is 0.889 bits per heavy atom. The number of pyridine rings is 1. The summed E-state index contributed by atoms with van der Waals surface area (Å²) in [6.07, 6.45) is 7.34. The van der Waals surface area contributed by atoms with E-state index in [1.165, 1.54) is 5.56 Å². The number of carbonyl (C=O) groups excluding carboxylic acids is 2. The summed E-state index contributed by atoms with van der Waals surface area (Å²) < 4.78 is 2.05. The van der Waals surface area contributed by atoms with Gasteiger partial charge >= 0.3 is 0 Å². The minimum atomic E-state index is -0.148. The van der Waals surface area contributed by atoms with Crippen LogP contribution in [-0.4, -0.2) is 69.4 Å². The van der Waals surface area contributed by atoms with Crippen LogP contribution in [0.1, 0.15) is 58.4 Å². The summed E-state index contributed by atoms with van der Waals surface area (Å²) in [4.78, 5) is 41.5. The zero-order valence-electron chi connectivity index (χ0n) is 26.5. The van der Waals surface area contributed by atoms with Crippen molar-refractivity contribution in [3.8, 4) is 0 Å². The number of aromatic nitrogens is 3. The number of nitrogens with zero attached hydrogens (tertiary/aromatic N) is 6. The average Bonchev–Trinajstić information content (AvgIpc) is 3.51. The summed E-state index contributed by atoms with van der Waals surface area (Å²) in [5, 5.41) is 6.51. The molecule has 45 heavy (non-hydrogen) atoms. The fraction of sp³-hybridized carbons (Fsp3) is 0.314. The van der Waals surface area contributed by atoms with Gasteiger partial charge in [-0.1, -0.05) is 39.0 Å². The molecule has 4 aromatic rings. The van der Waals surface area contributed by atoms with E-state index in [0.29, 0.717) is 23.6 Å². The number of fused-ring (bicyclic) bond motifs is 1. The molecule has 4 heterocycles. The number of piperazine rings is 1. The van der Waals surface area contributed by atoms with E-state index < -0.39 is 0 Å². The number of imidazole rings is 1. The van der Waals surface area contributed by atoms with Crippen molar-refractivity contribution < 1.29 is 9.59 Å². The summed E-state index contributed by atoms with van der Waals surface area (Å²) in [5.41, 5.74) is 5.81. The van der Waals surface area contributed by atoms with Crippen LogP contribution in [-0.2, 0) is 12.1 Å². The zero-order chi connectivity index (χ0) is 31.7. The fourth-order valence-corrected chi connectivity index (χ4v) is 5.63. The van der Waals surface area contributed by atoms with E-state index in [4.69, 9.17) is 0 Å². The lowest BCUT2D eigenvalue weighted by Gasteiger charge is -2.32. The monoisotopic (exact) mass is 604 g/mol. The van der Waals surface area contributed by atoms with E-state index in [9.17, 15) is 9.59 Å². The highest BCUT2D eigenvalue weighted by molar-refractivity contribution is 6.05. The first-order valence-corrected chi connectivity index (χ1v) is 15.3. The van der Waals surface area contributed by atoms with Crippen molar-refractivity contribution in [3.05, 3.63) is 107 Å². The van der Waals surface area contributed by atoms with E-state index in [1.807, 2.05) is 78.8 Å². The molecule has 2 aromatic heterocycles. The normalized spacial score (nSPS) is 15.4. The Hall–Kier alpha value is -4.96. The second-order valence-corrected chi connectivity index (χ2v) is 12.8. The van der Waals surface area contributed by atoms with Gasteiger partial charge in [-0.2, -0.15) is 0 Å². The van der Waals surface area contributed by atoms with Crippen LogP contribution >= 0.6 is 0 Å². The van der Waals surface area contributed by atoms with Gasteiger partial charge in [0.2, 0.25) is 0 Å². The first-order valence-electron chi connectivity index (χ1n) is 15.3. The van der Waals surface area contributed by atoms with Crippen LogP contribution in [0.25, 0.3) is 5.70 Å². The standard InChI is InChI=1S/C35H40N8O2/c1-24-28(39-33(44)25-9-12-27(13-10-25)35(2,3)4)7-6-8-30(24)43-22-29(32-36-15-16-42(32)23-43)38-31-14-11-26(21-37-31)34(45)41-19-17-40(5)18-20-41/h6-16,21-22H,17-20,23H2,1-5H3,(H,37,38)(H,39,44). The van der Waals surface area contributed by atoms with Crippen molar-refractivity contribution in [2.24, 2.45) is 0 Å². The van der Waals surface area contributed by atoms with Gasteiger partial charge in [0, 0.05) is 67.9 Å². The molecule has 2 N–H and O–H groups in total. The Balaban J connectivity index is 1.19. The van der Waals surface area contributed by atoms with Crippen molar-refractivity contribution in [3.63, 3.8) is 0 Å². The molecule has 2 aliphatic heterocycles. The summed E-state index contributed by atoms with van der Waals surface area (Å²) in [5.74, 6) is 1.25. The number of anilines is 3. The van der Waals surface area contributed by atoms with Gasteiger partial charge in [0.25, 0.3) is 11.8 Å². The Morgan fingerprint density at radius 3 is 2.31 bits per heavy atom. The summed E-state index contributed by atoms with van der Waals surface area (Å²) in [6.45, 7) is 12.2. The average molecular weight is 605 g/mol. The van der Waals surface area contributed by atoms with Gasteiger partial charge in [-0.15, -0.1) is 0 Å². The number of hydrogen-bond donors (Lipinski definition) is 2. The Bertz CT molecular complexity index is 1730. The SMILES string of the molecule is Cc1c(NC(=O)c2ccc(C(C)(C)C)cc2)cccc1N1C=C(Nc2ccc(C(=O)N3CCN(C)CC3)cn2)c2nccn2C1. The molecule has 0 saturated carbocycles. The Labute approximate surface area is 264 Å². The molecule has 0 atom stereocenters. The van der Waals surface area contributed by atoms with Crippen molar-refractivity contribution in [2.45, 2.75) is 39.8 Å². The molecule has 1 fully saturated rings. The van der Waals surface area contributed by atoms with Crippen LogP contribution < -0.4 is 15.5 Å². The molecule has 6 rings (SSSR count). The molecule has 2 aliphatic rings. The minimum absolute atomic E-state index is 0.00474. The summed E-state index contributed by atoms with van der Waals surface area (Å²) in [6, 6.07) is 17.3. The van der Waals surface area contributed by atoms with Crippen molar-refractivity contribution in [1.29, 1.82) is 0 Å². The molecule has 232 valence electrons. The highest BCUT2D eigenvalue weighted by Gasteiger charge is 2.23. The minimum Gasteiger partial charge on any atom is -0.336 e. The van der Waals surface area contributed by atoms with Crippen molar-refractivity contribution in [1.82, 2.24) is 24.3 Å². The predicted molar refractivity (Wildman–Crippen MR) is 178 cm³/mol. The highest BCUT2D eigenvalue weighted by atomic mass is 16.2. The van der Waals surface area contributed by atoms with Gasteiger partial charge in [0.1, 0.15) is 12.5 Å². The fourth-order valence-electron chi connectivity index (χ4n) is 5.63. The number of carbonyl (C=O) groups is 2. The number of rotatable bonds is 6. The van der Waals surface area contributed by atoms with Gasteiger partial charge in [-0.3, -0.25) is 9.59 Å². The van der Waals surface area contributed by atoms with Crippen LogP contribution in [0.5, 0.6) is 0 Å². The number of benzene rings is 2. The van der Waals surface area contributed by atoms with Crippen molar-refractivity contribution >= 4 is 34.7 Å². The molecule has 10 nitrogen and oxygen atoms in total. The molecule has 0 radical (unpaired) electrons. The Kier molecular flexibility index (Phi) is 8.16. The molecule has 0 unspecified atom stereocenters. The van der Waals surface area contributed by atoms with E-state index in [2.05, 4.69) is 62.8 Å². The maximum absolute atomic E-state index is 13.2. The van der Waals surface area contributed by atoms with Gasteiger partial charge in [-0.25, -0.2) is 9.97 Å². The second kappa shape index (κ2) is 12.2. The second-order valence-electron chi connectivity index (χ2n) is 12.8. The third-order valence-corrected chi connectivity index (χ3v) is 8.49. The number of nitrogens with one attached hydrogen (secondary N) is 2. The molecule has 0 spiro atoms. The smallest absolute Gasteiger partial charge is 0.255 e. The first kappa shape index (κ1) is 30.1. The Morgan fingerprint density at radius 2 is 1.62 bits per heavy atom. The van der Waals surface area contributed by atoms with Crippen LogP contribution in [0.15, 0.2) is 79.4 Å². The number of hydrogen-bond acceptors (Lipinski definition) is 7. The molecule has 2 aromatic carbocycles. The van der Waals surface area contributed by atoms with E-state index in [0.717, 1.165) is 54.6 Å². The topological polar surface area (TPSA) is 98.6 Å². The molecule has 2 amide bonds. The third kappa shape index (κ3) is 6.46. The van der Waals surface area contributed by atoms with Crippen molar-refractivity contribution in [2.75, 3.05) is 48.8 Å². The largest absolute Gasteiger partial charge is 0.336 e. The summed E-state index contributed by atoms with van der Waals surface area (Å²) >= 11 is 0. The van der Waals surface area contributed by atoms with Gasteiger partial charge in [0.05, 0.1) is 11.3 Å². The third-order valence-electron chi connectivity index (χ3n) is 8.49. The molecule has 10 heteroatoms. The van der Waals surface area contributed by atoms with E-state index in [1.54, 1.807) is 12.4 Å². The number of likely N-dealkylation sites (N-methyl/N-ethyl adjacent to an activating group) is 1. The summed E-state index contributed by atoms with van der Waals surface area (Å²) in [7, 11) is 2.07. The maximum atomic E-state index is 13.2. The van der Waals surface area contributed by atoms with Crippen LogP contribution in [0, 0.1) is 6.92 Å². The predicted octanol–water partition coefficient (Wildman–Crippen LogP) is 5.41. The molecule has 0 aliphatic carbocycles. The molecular formula is C35H40N8O2. The quantitative estimate of drug-likeness (QED) is 0.304. The lowest BCUT2D eigenvalue weighted by Crippen LogP contribution is -2.47. The van der Waals surface area contributed by atoms with Crippen LogP contribution in [0.2, 0.25) is 0 Å². The first-order chi connectivity index (χ1) is 21.6. The zero-order valence-corrected chi connectivity index (χ0v) is 26.5. The number of amides is 2. The maximum Gasteiger partial charge on any atom is 0.255 e. The molecular weight excluding hydrogens is 564 g/mol. The molecule has 0 bridgehead atoms. The van der Waals surface area contributed by atoms with Gasteiger partial charge < -0.3 is 29.9 Å². The van der Waals surface area contributed by atoms with E-state index in [-0.39, 0.29) is 17.2 Å². The highest BCUT2D eigenvalue weighted by Crippen LogP contribution is 2.32. The van der Waals surface area contributed by atoms with Crippen LogP contribution in [0.4, 0.5) is 17.2 Å². The van der Waals surface area contributed by atoms with E-state index >= 15 is 0 Å². The van der Waals surface area contributed by atoms with Gasteiger partial charge in [0.15, 0.2) is 5.82 Å². The lowest BCUT2D eigenvalue weighted by atomic mass is 9.86.